The first kappa shape index (κ1) is 13.7. The molecule has 92 valence electrons. The largest absolute Gasteiger partial charge is 0.453 e. The maximum atomic E-state index is 5.38. The van der Waals surface area contributed by atoms with Crippen molar-refractivity contribution >= 4 is 15.9 Å². The Morgan fingerprint density at radius 1 is 1.25 bits per heavy atom. The predicted octanol–water partition coefficient (Wildman–Crippen LogP) is 2.77. The van der Waals surface area contributed by atoms with Gasteiger partial charge >= 0.3 is 0 Å². The van der Waals surface area contributed by atoms with E-state index in [2.05, 4.69) is 40.4 Å². The molecule has 0 spiro atoms. The van der Waals surface area contributed by atoms with Gasteiger partial charge in [0.05, 0.1) is 6.54 Å². The van der Waals surface area contributed by atoms with Crippen molar-refractivity contribution in [2.24, 2.45) is 5.92 Å². The number of hydrogen-bond donors (Lipinski definition) is 2. The smallest absolute Gasteiger partial charge is 0.169 e. The van der Waals surface area contributed by atoms with Crippen LogP contribution in [0.25, 0.3) is 0 Å². The Morgan fingerprint density at radius 3 is 2.62 bits per heavy atom. The highest BCUT2D eigenvalue weighted by Gasteiger charge is 1.98. The Balaban J connectivity index is 1.92. The van der Waals surface area contributed by atoms with E-state index in [0.717, 1.165) is 48.9 Å². The third kappa shape index (κ3) is 6.30. The van der Waals surface area contributed by atoms with Crippen LogP contribution in [0.15, 0.2) is 21.2 Å². The van der Waals surface area contributed by atoms with E-state index >= 15 is 0 Å². The number of rotatable bonds is 8. The Bertz CT molecular complexity index is 286. The van der Waals surface area contributed by atoms with Crippen molar-refractivity contribution in [3.8, 4) is 0 Å². The molecule has 0 bridgehead atoms. The average Bonchev–Trinajstić information content (AvgIpc) is 2.62. The Morgan fingerprint density at radius 2 is 2.00 bits per heavy atom. The number of nitrogens with one attached hydrogen (secondary N) is 2. The lowest BCUT2D eigenvalue weighted by atomic mass is 10.2. The van der Waals surface area contributed by atoms with Gasteiger partial charge in [-0.3, -0.25) is 0 Å². The fraction of sp³-hybridized carbons (Fsp3) is 0.667. The lowest BCUT2D eigenvalue weighted by molar-refractivity contribution is 0.460. The molecule has 0 radical (unpaired) electrons. The van der Waals surface area contributed by atoms with Crippen molar-refractivity contribution in [2.75, 3.05) is 19.6 Å². The molecule has 0 aliphatic rings. The highest BCUT2D eigenvalue weighted by molar-refractivity contribution is 9.10. The maximum absolute atomic E-state index is 5.38. The van der Waals surface area contributed by atoms with Gasteiger partial charge in [-0.25, -0.2) is 0 Å². The molecule has 1 aromatic heterocycles. The van der Waals surface area contributed by atoms with Gasteiger partial charge < -0.3 is 15.1 Å². The van der Waals surface area contributed by atoms with Crippen molar-refractivity contribution < 1.29 is 4.42 Å². The summed E-state index contributed by atoms with van der Waals surface area (Å²) in [5.74, 6) is 1.70. The molecular weight excluding hydrogens is 268 g/mol. The van der Waals surface area contributed by atoms with Gasteiger partial charge in [0, 0.05) is 0 Å². The zero-order chi connectivity index (χ0) is 11.8. The van der Waals surface area contributed by atoms with Crippen molar-refractivity contribution in [1.82, 2.24) is 10.6 Å². The molecule has 4 heteroatoms. The van der Waals surface area contributed by atoms with E-state index in [9.17, 15) is 0 Å². The first-order chi connectivity index (χ1) is 7.68. The highest BCUT2D eigenvalue weighted by atomic mass is 79.9. The van der Waals surface area contributed by atoms with Crippen LogP contribution in [0.3, 0.4) is 0 Å². The quantitative estimate of drug-likeness (QED) is 0.723. The van der Waals surface area contributed by atoms with E-state index in [1.54, 1.807) is 0 Å². The number of halogens is 1. The SMILES string of the molecule is CC(C)CNCCCNCc1ccc(Br)o1. The third-order valence-electron chi connectivity index (χ3n) is 2.19. The monoisotopic (exact) mass is 288 g/mol. The summed E-state index contributed by atoms with van der Waals surface area (Å²) in [7, 11) is 0. The normalized spacial score (nSPS) is 11.2. The van der Waals surface area contributed by atoms with Gasteiger partial charge in [0.1, 0.15) is 5.76 Å². The molecule has 0 saturated heterocycles. The highest BCUT2D eigenvalue weighted by Crippen LogP contribution is 2.13. The van der Waals surface area contributed by atoms with Crippen LogP contribution in [0.1, 0.15) is 26.0 Å². The molecule has 1 aromatic rings. The van der Waals surface area contributed by atoms with Crippen LogP contribution in [-0.4, -0.2) is 19.6 Å². The van der Waals surface area contributed by atoms with E-state index < -0.39 is 0 Å². The summed E-state index contributed by atoms with van der Waals surface area (Å²) in [6.07, 6.45) is 1.15. The Hall–Kier alpha value is -0.320. The minimum absolute atomic E-state index is 0.730. The van der Waals surface area contributed by atoms with E-state index in [0.29, 0.717) is 0 Å². The molecule has 0 fully saturated rings. The number of hydrogen-bond acceptors (Lipinski definition) is 3. The maximum Gasteiger partial charge on any atom is 0.169 e. The average molecular weight is 289 g/mol. The molecule has 0 aliphatic heterocycles. The predicted molar refractivity (Wildman–Crippen MR) is 70.4 cm³/mol. The van der Waals surface area contributed by atoms with Gasteiger partial charge in [-0.2, -0.15) is 0 Å². The van der Waals surface area contributed by atoms with Crippen LogP contribution in [0, 0.1) is 5.92 Å². The van der Waals surface area contributed by atoms with Crippen molar-refractivity contribution in [2.45, 2.75) is 26.8 Å². The van der Waals surface area contributed by atoms with Crippen LogP contribution in [-0.2, 0) is 6.54 Å². The van der Waals surface area contributed by atoms with Crippen LogP contribution in [0.5, 0.6) is 0 Å². The summed E-state index contributed by atoms with van der Waals surface area (Å²) >= 11 is 3.28. The molecule has 1 rings (SSSR count). The van der Waals surface area contributed by atoms with Gasteiger partial charge in [0.15, 0.2) is 4.67 Å². The third-order valence-corrected chi connectivity index (χ3v) is 2.61. The first-order valence-corrected chi connectivity index (χ1v) is 6.63. The Labute approximate surface area is 106 Å². The fourth-order valence-electron chi connectivity index (χ4n) is 1.39. The molecule has 0 aliphatic carbocycles. The van der Waals surface area contributed by atoms with Crippen LogP contribution in [0.4, 0.5) is 0 Å². The van der Waals surface area contributed by atoms with Gasteiger partial charge in [-0.1, -0.05) is 13.8 Å². The molecule has 16 heavy (non-hydrogen) atoms. The van der Waals surface area contributed by atoms with Gasteiger partial charge in [-0.15, -0.1) is 0 Å². The zero-order valence-corrected chi connectivity index (χ0v) is 11.6. The van der Waals surface area contributed by atoms with Crippen molar-refractivity contribution in [3.63, 3.8) is 0 Å². The zero-order valence-electron chi connectivity index (χ0n) is 10.1. The second kappa shape index (κ2) is 7.87. The summed E-state index contributed by atoms with van der Waals surface area (Å²) in [6, 6.07) is 3.90. The van der Waals surface area contributed by atoms with E-state index in [4.69, 9.17) is 4.42 Å². The van der Waals surface area contributed by atoms with Crippen LogP contribution < -0.4 is 10.6 Å². The molecule has 0 amide bonds. The number of furan rings is 1. The van der Waals surface area contributed by atoms with E-state index in [1.165, 1.54) is 0 Å². The summed E-state index contributed by atoms with van der Waals surface area (Å²) in [5, 5.41) is 6.77. The van der Waals surface area contributed by atoms with Gasteiger partial charge in [0.25, 0.3) is 0 Å². The van der Waals surface area contributed by atoms with E-state index in [-0.39, 0.29) is 0 Å². The summed E-state index contributed by atoms with van der Waals surface area (Å²) in [5.41, 5.74) is 0. The minimum atomic E-state index is 0.730. The van der Waals surface area contributed by atoms with Crippen molar-refractivity contribution in [1.29, 1.82) is 0 Å². The van der Waals surface area contributed by atoms with Crippen LogP contribution in [0.2, 0.25) is 0 Å². The molecular formula is C12H21BrN2O. The molecule has 0 saturated carbocycles. The van der Waals surface area contributed by atoms with Gasteiger partial charge in [0.2, 0.25) is 0 Å². The molecule has 2 N–H and O–H groups in total. The first-order valence-electron chi connectivity index (χ1n) is 5.84. The lowest BCUT2D eigenvalue weighted by Crippen LogP contribution is -2.24. The molecule has 0 aromatic carbocycles. The molecule has 0 atom stereocenters. The molecule has 3 nitrogen and oxygen atoms in total. The van der Waals surface area contributed by atoms with E-state index in [1.807, 2.05) is 12.1 Å². The fourth-order valence-corrected chi connectivity index (χ4v) is 1.73. The molecule has 0 unspecified atom stereocenters. The van der Waals surface area contributed by atoms with Crippen LogP contribution >= 0.6 is 15.9 Å². The van der Waals surface area contributed by atoms with Gasteiger partial charge in [-0.05, 0) is 60.0 Å². The summed E-state index contributed by atoms with van der Waals surface area (Å²) < 4.78 is 6.18. The van der Waals surface area contributed by atoms with Crippen molar-refractivity contribution in [3.05, 3.63) is 22.6 Å². The topological polar surface area (TPSA) is 37.2 Å². The standard InChI is InChI=1S/C12H21BrN2O/c1-10(2)8-14-6-3-7-15-9-11-4-5-12(13)16-11/h4-5,10,14-15H,3,6-9H2,1-2H3. The lowest BCUT2D eigenvalue weighted by Gasteiger charge is -2.07. The minimum Gasteiger partial charge on any atom is -0.453 e. The summed E-state index contributed by atoms with van der Waals surface area (Å²) in [6.45, 7) is 8.44. The Kier molecular flexibility index (Phi) is 6.76. The second-order valence-electron chi connectivity index (χ2n) is 4.33. The molecule has 1 heterocycles. The second-order valence-corrected chi connectivity index (χ2v) is 5.12. The summed E-state index contributed by atoms with van der Waals surface area (Å²) in [4.78, 5) is 0.